The summed E-state index contributed by atoms with van der Waals surface area (Å²) in [5.74, 6) is -1.11. The van der Waals surface area contributed by atoms with Gasteiger partial charge in [-0.25, -0.2) is 12.8 Å². The summed E-state index contributed by atoms with van der Waals surface area (Å²) < 4.78 is 40.4. The van der Waals surface area contributed by atoms with Gasteiger partial charge < -0.3 is 10.2 Å². The number of hydrogen-bond donors (Lipinski definition) is 1. The van der Waals surface area contributed by atoms with Crippen LogP contribution in [0.4, 0.5) is 10.1 Å². The first-order chi connectivity index (χ1) is 16.6. The zero-order valence-corrected chi connectivity index (χ0v) is 21.8. The van der Waals surface area contributed by atoms with Crippen molar-refractivity contribution in [1.29, 1.82) is 0 Å². The summed E-state index contributed by atoms with van der Waals surface area (Å²) in [6, 6.07) is 12.6. The van der Waals surface area contributed by atoms with Gasteiger partial charge in [0.2, 0.25) is 21.8 Å². The molecule has 2 rings (SSSR count). The lowest BCUT2D eigenvalue weighted by molar-refractivity contribution is -0.140. The van der Waals surface area contributed by atoms with E-state index < -0.39 is 21.9 Å². The molecule has 192 valence electrons. The highest BCUT2D eigenvalue weighted by molar-refractivity contribution is 7.92. The number of aryl methyl sites for hydroxylation is 1. The Morgan fingerprint density at radius 1 is 1.06 bits per heavy atom. The SMILES string of the molecule is CCCNC(=O)C(C)N(Cc1ccccc1F)C(=O)CCCN(c1ccc(CC)cc1)S(C)(=O)=O. The monoisotopic (exact) mass is 505 g/mol. The quantitative estimate of drug-likeness (QED) is 0.448. The Bertz CT molecular complexity index is 1090. The Labute approximate surface area is 208 Å². The van der Waals surface area contributed by atoms with Crippen molar-refractivity contribution in [2.45, 2.75) is 59.0 Å². The molecule has 0 aliphatic carbocycles. The third-order valence-corrected chi connectivity index (χ3v) is 6.99. The lowest BCUT2D eigenvalue weighted by Crippen LogP contribution is -2.48. The van der Waals surface area contributed by atoms with E-state index in [-0.39, 0.29) is 37.7 Å². The van der Waals surface area contributed by atoms with E-state index >= 15 is 0 Å². The van der Waals surface area contributed by atoms with E-state index in [4.69, 9.17) is 0 Å². The van der Waals surface area contributed by atoms with Gasteiger partial charge in [0.25, 0.3) is 0 Å². The van der Waals surface area contributed by atoms with Crippen LogP contribution in [0.2, 0.25) is 0 Å². The van der Waals surface area contributed by atoms with Gasteiger partial charge in [-0.15, -0.1) is 0 Å². The highest BCUT2D eigenvalue weighted by Crippen LogP contribution is 2.20. The molecule has 0 spiro atoms. The Morgan fingerprint density at radius 3 is 2.29 bits per heavy atom. The molecule has 0 fully saturated rings. The lowest BCUT2D eigenvalue weighted by Gasteiger charge is -2.29. The van der Waals surface area contributed by atoms with Gasteiger partial charge in [-0.3, -0.25) is 13.9 Å². The van der Waals surface area contributed by atoms with Crippen LogP contribution in [0.25, 0.3) is 0 Å². The third-order valence-electron chi connectivity index (χ3n) is 5.80. The molecular weight excluding hydrogens is 469 g/mol. The molecule has 0 bridgehead atoms. The molecule has 0 aliphatic rings. The van der Waals surface area contributed by atoms with E-state index in [1.165, 1.54) is 15.3 Å². The zero-order valence-electron chi connectivity index (χ0n) is 21.0. The van der Waals surface area contributed by atoms with Crippen molar-refractivity contribution >= 4 is 27.5 Å². The highest BCUT2D eigenvalue weighted by atomic mass is 32.2. The van der Waals surface area contributed by atoms with Gasteiger partial charge >= 0.3 is 0 Å². The van der Waals surface area contributed by atoms with Crippen molar-refractivity contribution in [3.8, 4) is 0 Å². The van der Waals surface area contributed by atoms with Crippen molar-refractivity contribution in [2.75, 3.05) is 23.7 Å². The van der Waals surface area contributed by atoms with Crippen LogP contribution in [-0.4, -0.2) is 50.5 Å². The normalized spacial score (nSPS) is 12.1. The van der Waals surface area contributed by atoms with Gasteiger partial charge in [0, 0.05) is 31.6 Å². The van der Waals surface area contributed by atoms with Crippen LogP contribution < -0.4 is 9.62 Å². The summed E-state index contributed by atoms with van der Waals surface area (Å²) in [4.78, 5) is 27.1. The minimum absolute atomic E-state index is 0.0128. The van der Waals surface area contributed by atoms with E-state index in [0.29, 0.717) is 17.8 Å². The van der Waals surface area contributed by atoms with E-state index in [1.807, 2.05) is 26.0 Å². The molecule has 2 aromatic carbocycles. The van der Waals surface area contributed by atoms with Crippen LogP contribution in [-0.2, 0) is 32.6 Å². The van der Waals surface area contributed by atoms with Gasteiger partial charge in [0.05, 0.1) is 11.9 Å². The first-order valence-electron chi connectivity index (χ1n) is 12.0. The van der Waals surface area contributed by atoms with Crippen LogP contribution in [0.5, 0.6) is 0 Å². The second-order valence-corrected chi connectivity index (χ2v) is 10.4. The number of sulfonamides is 1. The van der Waals surface area contributed by atoms with E-state index in [2.05, 4.69) is 5.32 Å². The number of halogens is 1. The second kappa shape index (κ2) is 13.2. The second-order valence-electron chi connectivity index (χ2n) is 8.54. The Kier molecular flexibility index (Phi) is 10.7. The summed E-state index contributed by atoms with van der Waals surface area (Å²) in [5, 5.41) is 2.78. The van der Waals surface area contributed by atoms with Crippen molar-refractivity contribution in [3.05, 3.63) is 65.5 Å². The molecule has 0 aromatic heterocycles. The van der Waals surface area contributed by atoms with Gasteiger partial charge in [0.1, 0.15) is 11.9 Å². The number of hydrogen-bond acceptors (Lipinski definition) is 4. The summed E-state index contributed by atoms with van der Waals surface area (Å²) in [6.45, 7) is 6.09. The molecule has 1 N–H and O–H groups in total. The maximum Gasteiger partial charge on any atom is 0.242 e. The Hall–Kier alpha value is -2.94. The van der Waals surface area contributed by atoms with Crippen LogP contribution in [0, 0.1) is 5.82 Å². The van der Waals surface area contributed by atoms with Crippen LogP contribution in [0.1, 0.15) is 51.2 Å². The van der Waals surface area contributed by atoms with Crippen LogP contribution in [0.15, 0.2) is 48.5 Å². The molecule has 35 heavy (non-hydrogen) atoms. The fourth-order valence-corrected chi connectivity index (χ4v) is 4.66. The Balaban J connectivity index is 2.16. The Morgan fingerprint density at radius 2 is 1.71 bits per heavy atom. The summed E-state index contributed by atoms with van der Waals surface area (Å²) in [6.07, 6.45) is 2.99. The van der Waals surface area contributed by atoms with E-state index in [9.17, 15) is 22.4 Å². The highest BCUT2D eigenvalue weighted by Gasteiger charge is 2.27. The predicted molar refractivity (Wildman–Crippen MR) is 137 cm³/mol. The van der Waals surface area contributed by atoms with Crippen molar-refractivity contribution in [2.24, 2.45) is 0 Å². The third kappa shape index (κ3) is 8.35. The molecule has 2 aromatic rings. The molecule has 0 heterocycles. The minimum atomic E-state index is -3.56. The zero-order chi connectivity index (χ0) is 26.0. The molecule has 9 heteroatoms. The summed E-state index contributed by atoms with van der Waals surface area (Å²) in [7, 11) is -3.56. The molecular formula is C26H36FN3O4S. The fraction of sp³-hybridized carbons (Fsp3) is 0.462. The number of nitrogens with zero attached hydrogens (tertiary/aromatic N) is 2. The molecule has 0 saturated heterocycles. The number of benzene rings is 2. The maximum absolute atomic E-state index is 14.3. The van der Waals surface area contributed by atoms with Crippen molar-refractivity contribution in [1.82, 2.24) is 10.2 Å². The average molecular weight is 506 g/mol. The molecule has 0 saturated carbocycles. The number of amides is 2. The molecule has 1 unspecified atom stereocenters. The van der Waals surface area contributed by atoms with E-state index in [1.54, 1.807) is 37.3 Å². The smallest absolute Gasteiger partial charge is 0.242 e. The molecule has 2 amide bonds. The molecule has 1 atom stereocenters. The number of nitrogens with one attached hydrogen (secondary N) is 1. The average Bonchev–Trinajstić information content (AvgIpc) is 2.83. The number of carbonyl (C=O) groups is 2. The van der Waals surface area contributed by atoms with Crippen molar-refractivity contribution in [3.63, 3.8) is 0 Å². The predicted octanol–water partition coefficient (Wildman–Crippen LogP) is 3.88. The van der Waals surface area contributed by atoms with Gasteiger partial charge in [-0.2, -0.15) is 0 Å². The van der Waals surface area contributed by atoms with Crippen LogP contribution >= 0.6 is 0 Å². The summed E-state index contributed by atoms with van der Waals surface area (Å²) in [5.41, 5.74) is 1.94. The van der Waals surface area contributed by atoms with Gasteiger partial charge in [-0.05, 0) is 49.9 Å². The lowest BCUT2D eigenvalue weighted by atomic mass is 10.1. The molecule has 7 nitrogen and oxygen atoms in total. The first-order valence-corrected chi connectivity index (χ1v) is 13.8. The topological polar surface area (TPSA) is 86.8 Å². The largest absolute Gasteiger partial charge is 0.354 e. The first kappa shape index (κ1) is 28.3. The number of anilines is 1. The molecule has 0 radical (unpaired) electrons. The fourth-order valence-electron chi connectivity index (χ4n) is 3.69. The van der Waals surface area contributed by atoms with Gasteiger partial charge in [-0.1, -0.05) is 44.2 Å². The number of carbonyl (C=O) groups excluding carboxylic acids is 2. The van der Waals surface area contributed by atoms with Crippen molar-refractivity contribution < 1.29 is 22.4 Å². The van der Waals surface area contributed by atoms with Gasteiger partial charge in [0.15, 0.2) is 0 Å². The summed E-state index contributed by atoms with van der Waals surface area (Å²) >= 11 is 0. The maximum atomic E-state index is 14.3. The van der Waals surface area contributed by atoms with Crippen LogP contribution in [0.3, 0.4) is 0 Å². The minimum Gasteiger partial charge on any atom is -0.354 e. The number of rotatable bonds is 13. The van der Waals surface area contributed by atoms with E-state index in [0.717, 1.165) is 24.7 Å². The molecule has 0 aliphatic heterocycles. The standard InChI is InChI=1S/C26H36FN3O4S/c1-5-17-28-26(32)20(3)29(19-22-10-7-8-11-24(22)27)25(31)12-9-18-30(35(4,33)34)23-15-13-21(6-2)14-16-23/h7-8,10-11,13-16,20H,5-6,9,12,17-19H2,1-4H3,(H,28,32).